The van der Waals surface area contributed by atoms with Crippen LogP contribution in [0.4, 0.5) is 0 Å². The van der Waals surface area contributed by atoms with Crippen molar-refractivity contribution in [3.63, 3.8) is 0 Å². The van der Waals surface area contributed by atoms with E-state index >= 15 is 0 Å². The molecule has 0 heterocycles. The number of nitrogens with two attached hydrogens (primary N) is 1. The van der Waals surface area contributed by atoms with E-state index < -0.39 is 0 Å². The molecule has 0 aliphatic heterocycles. The highest BCUT2D eigenvalue weighted by Gasteiger charge is 1.70. The Balaban J connectivity index is 0. The van der Waals surface area contributed by atoms with Gasteiger partial charge in [-0.25, -0.2) is 0 Å². The molecule has 0 spiro atoms. The highest BCUT2D eigenvalue weighted by atomic mass is 79.9. The molecule has 0 rings (SSSR count). The Kier molecular flexibility index (Phi) is 8.83. The van der Waals surface area contributed by atoms with Crippen molar-refractivity contribution in [2.24, 2.45) is 5.73 Å². The summed E-state index contributed by atoms with van der Waals surface area (Å²) in [6.45, 7) is 3.99. The maximum absolute atomic E-state index is 5.02. The van der Waals surface area contributed by atoms with Crippen LogP contribution in [0.5, 0.6) is 0 Å². The van der Waals surface area contributed by atoms with Gasteiger partial charge >= 0.3 is 0 Å². The summed E-state index contributed by atoms with van der Waals surface area (Å²) in [6, 6.07) is 0. The third-order valence-corrected chi connectivity index (χ3v) is 0.545. The number of hydrogen-bond acceptors (Lipinski definition) is 1. The molecule has 6 heavy (non-hydrogen) atoms. The molecule has 0 fully saturated rings. The van der Waals surface area contributed by atoms with E-state index in [2.05, 4.69) is 22.5 Å². The predicted octanol–water partition coefficient (Wildman–Crippen LogP) is 1.28. The molecule has 0 aliphatic rings. The van der Waals surface area contributed by atoms with Gasteiger partial charge in [-0.1, -0.05) is 22.5 Å². The maximum atomic E-state index is 5.02. The van der Waals surface area contributed by atoms with Crippen LogP contribution < -0.4 is 5.73 Å². The van der Waals surface area contributed by atoms with Gasteiger partial charge < -0.3 is 5.73 Å². The molecule has 0 radical (unpaired) electrons. The Morgan fingerprint density at radius 2 is 2.00 bits per heavy atom. The Morgan fingerprint density at radius 1 is 1.83 bits per heavy atom. The molecule has 3 heteroatoms. The first-order valence-electron chi connectivity index (χ1n) is 1.30. The van der Waals surface area contributed by atoms with Gasteiger partial charge in [0, 0.05) is 11.0 Å². The molecule has 0 aliphatic carbocycles. The van der Waals surface area contributed by atoms with Crippen molar-refractivity contribution in [2.75, 3.05) is 6.54 Å². The lowest BCUT2D eigenvalue weighted by Crippen LogP contribution is -1.95. The minimum Gasteiger partial charge on any atom is -0.326 e. The summed E-state index contributed by atoms with van der Waals surface area (Å²) in [6.07, 6.45) is 0. The zero-order chi connectivity index (χ0) is 4.28. The van der Waals surface area contributed by atoms with E-state index in [0.29, 0.717) is 6.54 Å². The molecular weight excluding hydrogens is 165 g/mol. The number of hydrogen-bond donors (Lipinski definition) is 1. The van der Waals surface area contributed by atoms with Gasteiger partial charge in [0.15, 0.2) is 0 Å². The van der Waals surface area contributed by atoms with E-state index in [1.54, 1.807) is 0 Å². The van der Waals surface area contributed by atoms with E-state index in [0.717, 1.165) is 4.48 Å². The molecule has 2 N–H and O–H groups in total. The predicted molar refractivity (Wildman–Crippen MR) is 34.4 cm³/mol. The monoisotopic (exact) mass is 171 g/mol. The van der Waals surface area contributed by atoms with E-state index in [-0.39, 0.29) is 12.4 Å². The van der Waals surface area contributed by atoms with Crippen LogP contribution in [-0.4, -0.2) is 6.54 Å². The highest BCUT2D eigenvalue weighted by Crippen LogP contribution is 1.93. The Morgan fingerprint density at radius 3 is 2.00 bits per heavy atom. The number of halogens is 2. The number of rotatable bonds is 1. The first-order valence-corrected chi connectivity index (χ1v) is 2.10. The van der Waals surface area contributed by atoms with Crippen molar-refractivity contribution in [3.05, 3.63) is 11.1 Å². The van der Waals surface area contributed by atoms with E-state index in [4.69, 9.17) is 5.73 Å². The zero-order valence-corrected chi connectivity index (χ0v) is 5.68. The SMILES string of the molecule is C=C(Br)CN.Cl. The summed E-state index contributed by atoms with van der Waals surface area (Å²) in [5, 5.41) is 0. The van der Waals surface area contributed by atoms with Crippen LogP contribution in [0, 0.1) is 0 Å². The van der Waals surface area contributed by atoms with Crippen LogP contribution in [0.25, 0.3) is 0 Å². The first kappa shape index (κ1) is 9.69. The first-order chi connectivity index (χ1) is 2.27. The average molecular weight is 172 g/mol. The summed E-state index contributed by atoms with van der Waals surface area (Å²) >= 11 is 3.05. The van der Waals surface area contributed by atoms with Crippen LogP contribution in [-0.2, 0) is 0 Å². The fourth-order valence-electron chi connectivity index (χ4n) is 0. The summed E-state index contributed by atoms with van der Waals surface area (Å²) in [5.41, 5.74) is 5.02. The molecule has 38 valence electrons. The van der Waals surface area contributed by atoms with Gasteiger partial charge in [0.25, 0.3) is 0 Å². The van der Waals surface area contributed by atoms with Gasteiger partial charge in [-0.3, -0.25) is 0 Å². The molecule has 0 aromatic carbocycles. The zero-order valence-electron chi connectivity index (χ0n) is 3.28. The Bertz CT molecular complexity index is 46.1. The van der Waals surface area contributed by atoms with Gasteiger partial charge in [0.05, 0.1) is 0 Å². The normalized spacial score (nSPS) is 6.33. The van der Waals surface area contributed by atoms with Crippen LogP contribution in [0.1, 0.15) is 0 Å². The molecular formula is C3H7BrClN. The quantitative estimate of drug-likeness (QED) is 0.633. The second kappa shape index (κ2) is 5.47. The van der Waals surface area contributed by atoms with Crippen molar-refractivity contribution < 1.29 is 0 Å². The topological polar surface area (TPSA) is 26.0 Å². The minimum absolute atomic E-state index is 0. The van der Waals surface area contributed by atoms with Crippen molar-refractivity contribution in [1.29, 1.82) is 0 Å². The lowest BCUT2D eigenvalue weighted by atomic mass is 10.7. The summed E-state index contributed by atoms with van der Waals surface area (Å²) < 4.78 is 0.845. The third kappa shape index (κ3) is 8.82. The molecule has 1 nitrogen and oxygen atoms in total. The Hall–Kier alpha value is 0.470. The molecule has 0 amide bonds. The molecule has 0 saturated carbocycles. The molecule has 0 aromatic heterocycles. The summed E-state index contributed by atoms with van der Waals surface area (Å²) in [7, 11) is 0. The Labute approximate surface area is 52.1 Å². The fourth-order valence-corrected chi connectivity index (χ4v) is 0. The minimum atomic E-state index is 0. The molecule has 0 unspecified atom stereocenters. The maximum Gasteiger partial charge on any atom is 0.0239 e. The summed E-state index contributed by atoms with van der Waals surface area (Å²) in [5.74, 6) is 0. The van der Waals surface area contributed by atoms with Crippen LogP contribution >= 0.6 is 28.3 Å². The molecule has 0 atom stereocenters. The average Bonchev–Trinajstić information content (AvgIpc) is 1.38. The van der Waals surface area contributed by atoms with Crippen LogP contribution in [0.15, 0.2) is 11.1 Å². The second-order valence-corrected chi connectivity index (χ2v) is 1.84. The van der Waals surface area contributed by atoms with Gasteiger partial charge in [0.2, 0.25) is 0 Å². The van der Waals surface area contributed by atoms with Crippen LogP contribution in [0.2, 0.25) is 0 Å². The van der Waals surface area contributed by atoms with E-state index in [1.165, 1.54) is 0 Å². The van der Waals surface area contributed by atoms with Gasteiger partial charge in [-0.05, 0) is 0 Å². The lowest BCUT2D eigenvalue weighted by molar-refractivity contribution is 1.25. The molecule has 0 bridgehead atoms. The van der Waals surface area contributed by atoms with Crippen molar-refractivity contribution in [1.82, 2.24) is 0 Å². The van der Waals surface area contributed by atoms with Gasteiger partial charge in [0.1, 0.15) is 0 Å². The van der Waals surface area contributed by atoms with Crippen molar-refractivity contribution in [2.45, 2.75) is 0 Å². The van der Waals surface area contributed by atoms with Gasteiger partial charge in [-0.2, -0.15) is 0 Å². The van der Waals surface area contributed by atoms with Crippen LogP contribution in [0.3, 0.4) is 0 Å². The fraction of sp³-hybridized carbons (Fsp3) is 0.333. The molecule has 0 saturated heterocycles. The third-order valence-electron chi connectivity index (χ3n) is 0.221. The van der Waals surface area contributed by atoms with Crippen molar-refractivity contribution in [3.8, 4) is 0 Å². The smallest absolute Gasteiger partial charge is 0.0239 e. The summed E-state index contributed by atoms with van der Waals surface area (Å²) in [4.78, 5) is 0. The largest absolute Gasteiger partial charge is 0.326 e. The lowest BCUT2D eigenvalue weighted by Gasteiger charge is -1.78. The van der Waals surface area contributed by atoms with Gasteiger partial charge in [-0.15, -0.1) is 12.4 Å². The standard InChI is InChI=1S/C3H6BrN.ClH/c1-3(4)2-5;/h1-2,5H2;1H. The van der Waals surface area contributed by atoms with E-state index in [1.807, 2.05) is 0 Å². The molecule has 0 aromatic rings. The second-order valence-electron chi connectivity index (χ2n) is 0.721. The highest BCUT2D eigenvalue weighted by molar-refractivity contribution is 9.11. The van der Waals surface area contributed by atoms with E-state index in [9.17, 15) is 0 Å². The van der Waals surface area contributed by atoms with Crippen molar-refractivity contribution >= 4 is 28.3 Å².